The highest BCUT2D eigenvalue weighted by Gasteiger charge is 2.31. The molecule has 0 saturated carbocycles. The predicted molar refractivity (Wildman–Crippen MR) is 73.4 cm³/mol. The molecule has 1 unspecified atom stereocenters. The molecule has 1 atom stereocenters. The molecule has 0 aliphatic heterocycles. The van der Waals surface area contributed by atoms with Crippen molar-refractivity contribution < 1.29 is 23.1 Å². The third-order valence-electron chi connectivity index (χ3n) is 2.95. The van der Waals surface area contributed by atoms with Crippen LogP contribution >= 0.6 is 11.6 Å². The monoisotopic (exact) mass is 324 g/mol. The van der Waals surface area contributed by atoms with E-state index in [0.717, 1.165) is 12.3 Å². The average molecular weight is 325 g/mol. The fourth-order valence-corrected chi connectivity index (χ4v) is 1.91. The number of carbonyl (C=O) groups is 1. The van der Waals surface area contributed by atoms with Gasteiger partial charge < -0.3 is 10.4 Å². The Labute approximate surface area is 125 Å². The first-order valence-electron chi connectivity index (χ1n) is 6.38. The van der Waals surface area contributed by atoms with Gasteiger partial charge in [0.25, 0.3) is 0 Å². The molecule has 0 aliphatic carbocycles. The van der Waals surface area contributed by atoms with E-state index in [0.29, 0.717) is 19.4 Å². The first-order chi connectivity index (χ1) is 9.70. The zero-order valence-corrected chi connectivity index (χ0v) is 12.1. The van der Waals surface area contributed by atoms with Crippen LogP contribution in [0.25, 0.3) is 0 Å². The first kappa shape index (κ1) is 17.6. The molecule has 8 heteroatoms. The van der Waals surface area contributed by atoms with Crippen molar-refractivity contribution in [2.45, 2.75) is 32.4 Å². The topological polar surface area (TPSA) is 62.2 Å². The van der Waals surface area contributed by atoms with Gasteiger partial charge in [0, 0.05) is 19.2 Å². The number of alkyl halides is 3. The first-order valence-corrected chi connectivity index (χ1v) is 6.76. The van der Waals surface area contributed by atoms with E-state index < -0.39 is 17.7 Å². The van der Waals surface area contributed by atoms with Crippen molar-refractivity contribution in [3.8, 4) is 0 Å². The van der Waals surface area contributed by atoms with Crippen LogP contribution in [0, 0.1) is 5.92 Å². The van der Waals surface area contributed by atoms with Gasteiger partial charge in [0.15, 0.2) is 0 Å². The van der Waals surface area contributed by atoms with Crippen molar-refractivity contribution in [2.75, 3.05) is 11.9 Å². The van der Waals surface area contributed by atoms with E-state index in [1.54, 1.807) is 0 Å². The Kier molecular flexibility index (Phi) is 6.26. The summed E-state index contributed by atoms with van der Waals surface area (Å²) in [6, 6.07) is 0.824. The van der Waals surface area contributed by atoms with Gasteiger partial charge in [-0.25, -0.2) is 4.98 Å². The zero-order chi connectivity index (χ0) is 16.0. The van der Waals surface area contributed by atoms with Gasteiger partial charge in [-0.05, 0) is 24.8 Å². The van der Waals surface area contributed by atoms with E-state index in [4.69, 9.17) is 16.7 Å². The molecule has 0 bridgehead atoms. The minimum Gasteiger partial charge on any atom is -0.481 e. The van der Waals surface area contributed by atoms with Crippen LogP contribution in [0.5, 0.6) is 0 Å². The molecule has 0 radical (unpaired) electrons. The van der Waals surface area contributed by atoms with Crippen LogP contribution in [0.3, 0.4) is 0 Å². The van der Waals surface area contributed by atoms with Crippen LogP contribution in [0.1, 0.15) is 31.7 Å². The number of halogens is 4. The maximum Gasteiger partial charge on any atom is 0.417 e. The molecule has 2 N–H and O–H groups in total. The lowest BCUT2D eigenvalue weighted by Gasteiger charge is -2.13. The zero-order valence-electron chi connectivity index (χ0n) is 11.4. The summed E-state index contributed by atoms with van der Waals surface area (Å²) in [6.45, 7) is 2.37. The SMILES string of the molecule is CC(CCNc1ncc(C(F)(F)F)cc1Cl)CCC(=O)O. The van der Waals surface area contributed by atoms with Crippen molar-refractivity contribution >= 4 is 23.4 Å². The van der Waals surface area contributed by atoms with Gasteiger partial charge in [0.2, 0.25) is 0 Å². The van der Waals surface area contributed by atoms with Crippen LogP contribution in [0.4, 0.5) is 19.0 Å². The average Bonchev–Trinajstić information content (AvgIpc) is 2.37. The Hall–Kier alpha value is -1.50. The van der Waals surface area contributed by atoms with Gasteiger partial charge >= 0.3 is 12.1 Å². The van der Waals surface area contributed by atoms with E-state index in [1.807, 2.05) is 6.92 Å². The molecule has 1 heterocycles. The number of carboxylic acid groups (broad SMARTS) is 1. The number of rotatable bonds is 7. The third kappa shape index (κ3) is 6.20. The number of nitrogens with one attached hydrogen (secondary N) is 1. The van der Waals surface area contributed by atoms with Crippen LogP contribution in [-0.2, 0) is 11.0 Å². The normalized spacial score (nSPS) is 13.0. The second-order valence-electron chi connectivity index (χ2n) is 4.81. The number of carboxylic acids is 1. The molecule has 1 rings (SSSR count). The molecule has 0 saturated heterocycles. The summed E-state index contributed by atoms with van der Waals surface area (Å²) in [5.41, 5.74) is -0.895. The second-order valence-corrected chi connectivity index (χ2v) is 5.21. The van der Waals surface area contributed by atoms with E-state index in [-0.39, 0.29) is 23.2 Å². The molecule has 0 aromatic carbocycles. The summed E-state index contributed by atoms with van der Waals surface area (Å²) in [5.74, 6) is -0.473. The van der Waals surface area contributed by atoms with Crippen molar-refractivity contribution in [3.05, 3.63) is 22.8 Å². The molecule has 4 nitrogen and oxygen atoms in total. The Balaban J connectivity index is 2.47. The lowest BCUT2D eigenvalue weighted by atomic mass is 10.0. The number of hydrogen-bond acceptors (Lipinski definition) is 3. The van der Waals surface area contributed by atoms with E-state index >= 15 is 0 Å². The number of aliphatic carboxylic acids is 1. The summed E-state index contributed by atoms with van der Waals surface area (Å²) >= 11 is 5.75. The highest BCUT2D eigenvalue weighted by Crippen LogP contribution is 2.32. The number of anilines is 1. The summed E-state index contributed by atoms with van der Waals surface area (Å²) < 4.78 is 37.3. The molecular weight excluding hydrogens is 309 g/mol. The molecule has 1 aromatic heterocycles. The van der Waals surface area contributed by atoms with E-state index in [2.05, 4.69) is 10.3 Å². The van der Waals surface area contributed by atoms with Gasteiger partial charge in [-0.2, -0.15) is 13.2 Å². The third-order valence-corrected chi connectivity index (χ3v) is 3.24. The fourth-order valence-electron chi connectivity index (χ4n) is 1.67. The molecular formula is C13H16ClF3N2O2. The number of nitrogens with zero attached hydrogens (tertiary/aromatic N) is 1. The lowest BCUT2D eigenvalue weighted by molar-refractivity contribution is -0.138. The summed E-state index contributed by atoms with van der Waals surface area (Å²) in [4.78, 5) is 14.1. The van der Waals surface area contributed by atoms with E-state index in [9.17, 15) is 18.0 Å². The second kappa shape index (κ2) is 7.49. The summed E-state index contributed by atoms with van der Waals surface area (Å²) in [5, 5.41) is 11.3. The number of pyridine rings is 1. The van der Waals surface area contributed by atoms with E-state index in [1.165, 1.54) is 0 Å². The molecule has 0 fully saturated rings. The van der Waals surface area contributed by atoms with Crippen molar-refractivity contribution in [1.82, 2.24) is 4.98 Å². The minimum atomic E-state index is -4.47. The summed E-state index contributed by atoms with van der Waals surface area (Å²) in [7, 11) is 0. The summed E-state index contributed by atoms with van der Waals surface area (Å²) in [6.07, 6.45) is -2.43. The molecule has 0 amide bonds. The van der Waals surface area contributed by atoms with Gasteiger partial charge in [-0.3, -0.25) is 4.79 Å². The molecule has 21 heavy (non-hydrogen) atoms. The highest BCUT2D eigenvalue weighted by atomic mass is 35.5. The predicted octanol–water partition coefficient (Wildman–Crippen LogP) is 4.06. The molecule has 0 spiro atoms. The van der Waals surface area contributed by atoms with Crippen LogP contribution in [0.2, 0.25) is 5.02 Å². The minimum absolute atomic E-state index is 0.0944. The Bertz CT molecular complexity index is 495. The molecule has 0 aliphatic rings. The maximum absolute atomic E-state index is 12.4. The molecule has 1 aromatic rings. The largest absolute Gasteiger partial charge is 0.481 e. The number of hydrogen-bond donors (Lipinski definition) is 2. The Morgan fingerprint density at radius 1 is 1.48 bits per heavy atom. The number of aromatic nitrogens is 1. The van der Waals surface area contributed by atoms with Crippen molar-refractivity contribution in [1.29, 1.82) is 0 Å². The Morgan fingerprint density at radius 3 is 2.67 bits per heavy atom. The lowest BCUT2D eigenvalue weighted by Crippen LogP contribution is -2.11. The highest BCUT2D eigenvalue weighted by molar-refractivity contribution is 6.32. The quantitative estimate of drug-likeness (QED) is 0.794. The van der Waals surface area contributed by atoms with Crippen LogP contribution in [-0.4, -0.2) is 22.6 Å². The van der Waals surface area contributed by atoms with Crippen LogP contribution in [0.15, 0.2) is 12.3 Å². The Morgan fingerprint density at radius 2 is 2.14 bits per heavy atom. The van der Waals surface area contributed by atoms with Gasteiger partial charge in [-0.1, -0.05) is 18.5 Å². The smallest absolute Gasteiger partial charge is 0.417 e. The van der Waals surface area contributed by atoms with Crippen molar-refractivity contribution in [3.63, 3.8) is 0 Å². The van der Waals surface area contributed by atoms with Crippen molar-refractivity contribution in [2.24, 2.45) is 5.92 Å². The van der Waals surface area contributed by atoms with Crippen LogP contribution < -0.4 is 5.32 Å². The fraction of sp³-hybridized carbons (Fsp3) is 0.538. The van der Waals surface area contributed by atoms with Gasteiger partial charge in [-0.15, -0.1) is 0 Å². The molecule has 118 valence electrons. The van der Waals surface area contributed by atoms with Gasteiger partial charge in [0.1, 0.15) is 5.82 Å². The standard InChI is InChI=1S/C13H16ClF3N2O2/c1-8(2-3-11(20)21)4-5-18-12-10(14)6-9(7-19-12)13(15,16)17/h6-8H,2-5H2,1H3,(H,18,19)(H,20,21). The van der Waals surface area contributed by atoms with Gasteiger partial charge in [0.05, 0.1) is 10.6 Å². The maximum atomic E-state index is 12.4.